The highest BCUT2D eigenvalue weighted by Crippen LogP contribution is 2.23. The maximum Gasteiger partial charge on any atom is 0.334 e. The number of rotatable bonds is 1. The third kappa shape index (κ3) is 1.94. The van der Waals surface area contributed by atoms with Gasteiger partial charge in [-0.25, -0.2) is 9.36 Å². The first-order valence-corrected chi connectivity index (χ1v) is 6.49. The monoisotopic (exact) mass is 294 g/mol. The number of nitrogens with one attached hydrogen (secondary N) is 1. The fourth-order valence-electron chi connectivity index (χ4n) is 1.83. The summed E-state index contributed by atoms with van der Waals surface area (Å²) in [7, 11) is 0. The van der Waals surface area contributed by atoms with E-state index in [-0.39, 0.29) is 5.75 Å². The number of fused-ring (bicyclic) bond motifs is 1. The largest absolute Gasteiger partial charge is 0.508 e. The lowest BCUT2D eigenvalue weighted by Crippen LogP contribution is -2.32. The minimum absolute atomic E-state index is 0.0144. The molecular weight excluding hydrogens is 288 g/mol. The van der Waals surface area contributed by atoms with Gasteiger partial charge in [-0.15, -0.1) is 11.3 Å². The van der Waals surface area contributed by atoms with E-state index in [2.05, 4.69) is 4.98 Å². The van der Waals surface area contributed by atoms with E-state index >= 15 is 0 Å². The van der Waals surface area contributed by atoms with Crippen LogP contribution in [0.4, 0.5) is 0 Å². The summed E-state index contributed by atoms with van der Waals surface area (Å²) in [4.78, 5) is 26.8. The fourth-order valence-corrected chi connectivity index (χ4v) is 2.86. The van der Waals surface area contributed by atoms with E-state index in [0.29, 0.717) is 20.2 Å². The number of phenols is 1. The van der Waals surface area contributed by atoms with Gasteiger partial charge in [-0.3, -0.25) is 4.79 Å². The van der Waals surface area contributed by atoms with Crippen LogP contribution >= 0.6 is 22.9 Å². The highest BCUT2D eigenvalue weighted by Gasteiger charge is 2.11. The molecule has 0 aliphatic rings. The maximum atomic E-state index is 12.3. The van der Waals surface area contributed by atoms with Crippen molar-refractivity contribution in [1.82, 2.24) is 9.55 Å². The van der Waals surface area contributed by atoms with Gasteiger partial charge >= 0.3 is 5.69 Å². The predicted molar refractivity (Wildman–Crippen MR) is 74.7 cm³/mol. The molecule has 2 N–H and O–H groups in total. The number of thiophene rings is 1. The summed E-state index contributed by atoms with van der Waals surface area (Å²) in [5, 5.41) is 10.1. The van der Waals surface area contributed by atoms with Crippen LogP contribution in [0.2, 0.25) is 4.34 Å². The lowest BCUT2D eigenvalue weighted by atomic mass is 10.2. The van der Waals surface area contributed by atoms with Gasteiger partial charge in [-0.1, -0.05) is 11.6 Å². The van der Waals surface area contributed by atoms with Crippen molar-refractivity contribution in [3.8, 4) is 10.8 Å². The number of H-pyrrole nitrogens is 1. The Labute approximate surface area is 115 Å². The van der Waals surface area contributed by atoms with Crippen LogP contribution in [0.5, 0.6) is 5.75 Å². The van der Waals surface area contributed by atoms with Crippen molar-refractivity contribution in [2.24, 2.45) is 0 Å². The topological polar surface area (TPSA) is 75.1 Å². The summed E-state index contributed by atoms with van der Waals surface area (Å²) in [5.74, 6) is -0.0144. The maximum absolute atomic E-state index is 12.3. The van der Waals surface area contributed by atoms with Gasteiger partial charge in [0, 0.05) is 6.07 Å². The number of phenolic OH excluding ortho intramolecular Hbond substituents is 1. The van der Waals surface area contributed by atoms with Gasteiger partial charge in [-0.05, 0) is 24.3 Å². The predicted octanol–water partition coefficient (Wildman–Crippen LogP) is 2.10. The molecule has 0 bridgehead atoms. The van der Waals surface area contributed by atoms with Crippen LogP contribution in [0, 0.1) is 0 Å². The highest BCUT2D eigenvalue weighted by atomic mass is 35.5. The van der Waals surface area contributed by atoms with Gasteiger partial charge in [0.05, 0.1) is 15.2 Å². The van der Waals surface area contributed by atoms with Gasteiger partial charge in [0.15, 0.2) is 0 Å². The number of aromatic nitrogens is 2. The molecule has 0 fully saturated rings. The Morgan fingerprint density at radius 3 is 2.68 bits per heavy atom. The number of aromatic hydroxyl groups is 1. The quantitative estimate of drug-likeness (QED) is 0.722. The molecule has 0 radical (unpaired) electrons. The van der Waals surface area contributed by atoms with Crippen LogP contribution in [0.1, 0.15) is 0 Å². The molecule has 0 aliphatic carbocycles. The van der Waals surface area contributed by atoms with Gasteiger partial charge in [0.2, 0.25) is 0 Å². The van der Waals surface area contributed by atoms with Crippen LogP contribution in [0.3, 0.4) is 0 Å². The molecule has 0 unspecified atom stereocenters. The molecule has 0 saturated carbocycles. The molecule has 3 aromatic rings. The van der Waals surface area contributed by atoms with Crippen LogP contribution in [-0.4, -0.2) is 14.7 Å². The second kappa shape index (κ2) is 4.25. The van der Waals surface area contributed by atoms with Gasteiger partial charge in [-0.2, -0.15) is 0 Å². The van der Waals surface area contributed by atoms with Crippen LogP contribution in [0.15, 0.2) is 39.9 Å². The molecule has 0 spiro atoms. The second-order valence-electron chi connectivity index (χ2n) is 3.88. The molecule has 0 amide bonds. The molecule has 0 saturated heterocycles. The summed E-state index contributed by atoms with van der Waals surface area (Å²) in [6.45, 7) is 0. The lowest BCUT2D eigenvalue weighted by Gasteiger charge is -2.03. The number of aromatic amines is 1. The van der Waals surface area contributed by atoms with Gasteiger partial charge < -0.3 is 10.1 Å². The number of halogens is 1. The molecular formula is C12H7ClN2O3S. The van der Waals surface area contributed by atoms with E-state index in [1.807, 2.05) is 0 Å². The smallest absolute Gasteiger partial charge is 0.334 e. The van der Waals surface area contributed by atoms with Crippen LogP contribution < -0.4 is 11.2 Å². The molecule has 19 heavy (non-hydrogen) atoms. The van der Waals surface area contributed by atoms with E-state index < -0.39 is 11.2 Å². The Morgan fingerprint density at radius 2 is 2.00 bits per heavy atom. The van der Waals surface area contributed by atoms with Crippen molar-refractivity contribution in [2.75, 3.05) is 0 Å². The van der Waals surface area contributed by atoms with Crippen molar-refractivity contribution >= 4 is 33.8 Å². The Balaban J connectivity index is 2.41. The minimum atomic E-state index is -0.568. The molecule has 2 aromatic heterocycles. The molecule has 5 nitrogen and oxygen atoms in total. The van der Waals surface area contributed by atoms with E-state index in [0.717, 1.165) is 15.9 Å². The van der Waals surface area contributed by atoms with Crippen molar-refractivity contribution in [2.45, 2.75) is 0 Å². The van der Waals surface area contributed by atoms with E-state index in [4.69, 9.17) is 11.6 Å². The Morgan fingerprint density at radius 1 is 1.21 bits per heavy atom. The lowest BCUT2D eigenvalue weighted by molar-refractivity contribution is 0.476. The normalized spacial score (nSPS) is 11.0. The summed E-state index contributed by atoms with van der Waals surface area (Å²) < 4.78 is 1.52. The second-order valence-corrected chi connectivity index (χ2v) is 5.57. The SMILES string of the molecule is O=c1[nH]c2cc(O)ccc2c(=O)n1-c1ccc(Cl)s1. The van der Waals surface area contributed by atoms with E-state index in [1.54, 1.807) is 12.1 Å². The first kappa shape index (κ1) is 12.0. The van der Waals surface area contributed by atoms with Crippen molar-refractivity contribution in [3.63, 3.8) is 0 Å². The van der Waals surface area contributed by atoms with Crippen molar-refractivity contribution in [1.29, 1.82) is 0 Å². The molecule has 0 atom stereocenters. The Hall–Kier alpha value is -2.05. The fraction of sp³-hybridized carbons (Fsp3) is 0. The third-order valence-electron chi connectivity index (χ3n) is 2.66. The first-order valence-electron chi connectivity index (χ1n) is 5.30. The number of hydrogen-bond acceptors (Lipinski definition) is 4. The molecule has 2 heterocycles. The zero-order chi connectivity index (χ0) is 13.6. The van der Waals surface area contributed by atoms with E-state index in [1.165, 1.54) is 18.2 Å². The highest BCUT2D eigenvalue weighted by molar-refractivity contribution is 7.18. The Kier molecular flexibility index (Phi) is 2.69. The average Bonchev–Trinajstić information content (AvgIpc) is 2.75. The van der Waals surface area contributed by atoms with Crippen LogP contribution in [-0.2, 0) is 0 Å². The summed E-state index contributed by atoms with van der Waals surface area (Å²) in [6, 6.07) is 7.43. The zero-order valence-electron chi connectivity index (χ0n) is 9.38. The summed E-state index contributed by atoms with van der Waals surface area (Å²) >= 11 is 6.95. The van der Waals surface area contributed by atoms with Gasteiger partial charge in [0.1, 0.15) is 10.8 Å². The molecule has 96 valence electrons. The van der Waals surface area contributed by atoms with Crippen LogP contribution in [0.25, 0.3) is 15.9 Å². The molecule has 1 aromatic carbocycles. The summed E-state index contributed by atoms with van der Waals surface area (Å²) in [6.07, 6.45) is 0. The molecule has 3 rings (SSSR count). The number of benzene rings is 1. The molecule has 0 aliphatic heterocycles. The van der Waals surface area contributed by atoms with E-state index in [9.17, 15) is 14.7 Å². The Bertz CT molecular complexity index is 894. The minimum Gasteiger partial charge on any atom is -0.508 e. The van der Waals surface area contributed by atoms with Crippen molar-refractivity contribution < 1.29 is 5.11 Å². The van der Waals surface area contributed by atoms with Gasteiger partial charge in [0.25, 0.3) is 5.56 Å². The average molecular weight is 295 g/mol. The molecule has 7 heteroatoms. The number of hydrogen-bond donors (Lipinski definition) is 2. The number of nitrogens with zero attached hydrogens (tertiary/aromatic N) is 1. The van der Waals surface area contributed by atoms with Crippen molar-refractivity contribution in [3.05, 3.63) is 55.5 Å². The standard InChI is InChI=1S/C12H7ClN2O3S/c13-9-3-4-10(19-9)15-11(17)7-2-1-6(16)5-8(7)14-12(15)18/h1-5,16H,(H,14,18). The third-order valence-corrected chi connectivity index (χ3v) is 3.88. The first-order chi connectivity index (χ1) is 9.06. The summed E-state index contributed by atoms with van der Waals surface area (Å²) in [5.41, 5.74) is -0.715. The zero-order valence-corrected chi connectivity index (χ0v) is 11.0.